The van der Waals surface area contributed by atoms with Gasteiger partial charge >= 0.3 is 0 Å². The molecule has 0 saturated carbocycles. The molecule has 0 unspecified atom stereocenters. The van der Waals surface area contributed by atoms with Gasteiger partial charge in [-0.3, -0.25) is 19.6 Å². The van der Waals surface area contributed by atoms with Crippen LogP contribution in [0.2, 0.25) is 0 Å². The van der Waals surface area contributed by atoms with Gasteiger partial charge in [-0.2, -0.15) is 10.2 Å². The highest BCUT2D eigenvalue weighted by Crippen LogP contribution is 2.41. The van der Waals surface area contributed by atoms with E-state index < -0.39 is 0 Å². The molecule has 24 heavy (non-hydrogen) atoms. The van der Waals surface area contributed by atoms with Crippen LogP contribution in [0.1, 0.15) is 23.5 Å². The summed E-state index contributed by atoms with van der Waals surface area (Å²) in [5, 5.41) is 14.5. The highest BCUT2D eigenvalue weighted by Gasteiger charge is 2.32. The Morgan fingerprint density at radius 3 is 3.12 bits per heavy atom. The van der Waals surface area contributed by atoms with Crippen molar-refractivity contribution in [3.05, 3.63) is 60.7 Å². The maximum Gasteiger partial charge on any atom is 0.226 e. The monoisotopic (exact) mass is 320 g/mol. The van der Waals surface area contributed by atoms with Gasteiger partial charge in [0.1, 0.15) is 0 Å². The number of H-pyrrole nitrogens is 1. The third kappa shape index (κ3) is 2.40. The smallest absolute Gasteiger partial charge is 0.226 e. The average Bonchev–Trinajstić information content (AvgIpc) is 3.22. The Bertz CT molecular complexity index is 895. The average molecular weight is 320 g/mol. The van der Waals surface area contributed by atoms with Crippen molar-refractivity contribution < 1.29 is 4.79 Å². The van der Waals surface area contributed by atoms with Gasteiger partial charge in [-0.25, -0.2) is 0 Å². The summed E-state index contributed by atoms with van der Waals surface area (Å²) in [6, 6.07) is 3.84. The van der Waals surface area contributed by atoms with Gasteiger partial charge < -0.3 is 5.32 Å². The lowest BCUT2D eigenvalue weighted by Crippen LogP contribution is -2.23. The van der Waals surface area contributed by atoms with Crippen molar-refractivity contribution in [2.45, 2.75) is 18.9 Å². The molecule has 0 aromatic carbocycles. The van der Waals surface area contributed by atoms with Gasteiger partial charge in [-0.1, -0.05) is 6.08 Å². The second kappa shape index (κ2) is 5.77. The summed E-state index contributed by atoms with van der Waals surface area (Å²) < 4.78 is 1.80. The van der Waals surface area contributed by atoms with Crippen LogP contribution in [-0.2, 0) is 11.3 Å². The molecule has 1 atom stereocenters. The van der Waals surface area contributed by atoms with E-state index in [4.69, 9.17) is 0 Å². The molecule has 120 valence electrons. The number of aromatic amines is 1. The lowest BCUT2D eigenvalue weighted by atomic mass is 9.86. The van der Waals surface area contributed by atoms with Gasteiger partial charge in [0.25, 0.3) is 0 Å². The fourth-order valence-corrected chi connectivity index (χ4v) is 3.06. The van der Waals surface area contributed by atoms with Gasteiger partial charge in [0.05, 0.1) is 18.4 Å². The number of allylic oxidation sites excluding steroid dienone is 1. The van der Waals surface area contributed by atoms with E-state index in [-0.39, 0.29) is 11.8 Å². The molecule has 0 fully saturated rings. The third-order valence-corrected chi connectivity index (χ3v) is 4.12. The first-order valence-corrected chi connectivity index (χ1v) is 7.68. The Balaban J connectivity index is 1.81. The standard InChI is InChI=1S/C17H16N6O/c1-2-6-23-10-12(9-19-23)13-7-14(24)20-17-15(13)16(21-22-17)11-4-3-5-18-8-11/h2-5,8-10,13H,1,6-7H2,(H2,20,21,22,24)/t13-/m1/s1. The molecule has 2 N–H and O–H groups in total. The van der Waals surface area contributed by atoms with E-state index in [1.807, 2.05) is 18.3 Å². The minimum absolute atomic E-state index is 0.0480. The molecule has 0 aliphatic carbocycles. The molecule has 1 aliphatic heterocycles. The number of hydrogen-bond acceptors (Lipinski definition) is 4. The summed E-state index contributed by atoms with van der Waals surface area (Å²) in [4.78, 5) is 16.2. The largest absolute Gasteiger partial charge is 0.309 e. The van der Waals surface area contributed by atoms with Crippen LogP contribution in [0.5, 0.6) is 0 Å². The molecule has 4 rings (SSSR count). The van der Waals surface area contributed by atoms with E-state index in [1.54, 1.807) is 29.3 Å². The van der Waals surface area contributed by atoms with Crippen LogP contribution < -0.4 is 5.32 Å². The van der Waals surface area contributed by atoms with Crippen LogP contribution in [0.15, 0.2) is 49.6 Å². The van der Waals surface area contributed by atoms with E-state index >= 15 is 0 Å². The van der Waals surface area contributed by atoms with Crippen LogP contribution >= 0.6 is 0 Å². The summed E-state index contributed by atoms with van der Waals surface area (Å²) in [7, 11) is 0. The topological polar surface area (TPSA) is 88.5 Å². The number of anilines is 1. The summed E-state index contributed by atoms with van der Waals surface area (Å²) in [5.74, 6) is 0.432. The highest BCUT2D eigenvalue weighted by molar-refractivity contribution is 5.96. The van der Waals surface area contributed by atoms with Crippen LogP contribution in [-0.4, -0.2) is 30.9 Å². The Labute approximate surface area is 138 Å². The molecule has 3 aromatic heterocycles. The Morgan fingerprint density at radius 1 is 1.42 bits per heavy atom. The number of pyridine rings is 1. The van der Waals surface area contributed by atoms with Crippen molar-refractivity contribution >= 4 is 11.7 Å². The number of amides is 1. The molecule has 7 heteroatoms. The van der Waals surface area contributed by atoms with Crippen LogP contribution in [0.3, 0.4) is 0 Å². The summed E-state index contributed by atoms with van der Waals surface area (Å²) in [6.45, 7) is 4.36. The molecule has 0 bridgehead atoms. The van der Waals surface area contributed by atoms with Gasteiger partial charge in [-0.05, 0) is 17.7 Å². The SMILES string of the molecule is C=CCn1cc([C@H]2CC(=O)Nc3n[nH]c(-c4cccnc4)c32)cn1. The second-order valence-corrected chi connectivity index (χ2v) is 5.69. The van der Waals surface area contributed by atoms with E-state index in [0.29, 0.717) is 18.8 Å². The van der Waals surface area contributed by atoms with Gasteiger partial charge in [0.2, 0.25) is 5.91 Å². The number of rotatable bonds is 4. The minimum Gasteiger partial charge on any atom is -0.309 e. The molecule has 7 nitrogen and oxygen atoms in total. The molecule has 1 amide bonds. The number of carbonyl (C=O) groups excluding carboxylic acids is 1. The van der Waals surface area contributed by atoms with E-state index in [9.17, 15) is 4.79 Å². The highest BCUT2D eigenvalue weighted by atomic mass is 16.1. The predicted molar refractivity (Wildman–Crippen MR) is 89.3 cm³/mol. The van der Waals surface area contributed by atoms with Crippen molar-refractivity contribution in [1.82, 2.24) is 25.0 Å². The lowest BCUT2D eigenvalue weighted by Gasteiger charge is -2.22. The number of hydrogen-bond donors (Lipinski definition) is 2. The first-order valence-electron chi connectivity index (χ1n) is 7.68. The zero-order valence-corrected chi connectivity index (χ0v) is 12.9. The fraction of sp³-hybridized carbons (Fsp3) is 0.176. The van der Waals surface area contributed by atoms with Crippen molar-refractivity contribution in [3.8, 4) is 11.3 Å². The maximum absolute atomic E-state index is 12.1. The minimum atomic E-state index is -0.0960. The molecular formula is C17H16N6O. The quantitative estimate of drug-likeness (QED) is 0.722. The first kappa shape index (κ1) is 14.4. The number of aromatic nitrogens is 5. The van der Waals surface area contributed by atoms with Gasteiger partial charge in [-0.15, -0.1) is 6.58 Å². The first-order chi connectivity index (χ1) is 11.8. The van der Waals surface area contributed by atoms with Crippen molar-refractivity contribution in [3.63, 3.8) is 0 Å². The summed E-state index contributed by atoms with van der Waals surface area (Å²) in [5.41, 5.74) is 3.77. The molecule has 1 aliphatic rings. The Hall–Kier alpha value is -3.22. The predicted octanol–water partition coefficient (Wildman–Crippen LogP) is 2.33. The van der Waals surface area contributed by atoms with Crippen LogP contribution in [0.4, 0.5) is 5.82 Å². The fourth-order valence-electron chi connectivity index (χ4n) is 3.06. The second-order valence-electron chi connectivity index (χ2n) is 5.69. The van der Waals surface area contributed by atoms with Crippen LogP contribution in [0.25, 0.3) is 11.3 Å². The number of fused-ring (bicyclic) bond motifs is 1. The van der Waals surface area contributed by atoms with Crippen molar-refractivity contribution in [2.24, 2.45) is 0 Å². The van der Waals surface area contributed by atoms with Gasteiger partial charge in [0, 0.05) is 42.1 Å². The maximum atomic E-state index is 12.1. The zero-order valence-electron chi connectivity index (χ0n) is 12.9. The third-order valence-electron chi connectivity index (χ3n) is 4.12. The summed E-state index contributed by atoms with van der Waals surface area (Å²) in [6.07, 6.45) is 9.41. The number of nitrogens with one attached hydrogen (secondary N) is 2. The zero-order chi connectivity index (χ0) is 16.5. The van der Waals surface area contributed by atoms with Gasteiger partial charge in [0.15, 0.2) is 5.82 Å². The van der Waals surface area contributed by atoms with E-state index in [1.165, 1.54) is 0 Å². The lowest BCUT2D eigenvalue weighted by molar-refractivity contribution is -0.116. The Morgan fingerprint density at radius 2 is 2.33 bits per heavy atom. The van der Waals surface area contributed by atoms with E-state index in [2.05, 4.69) is 32.2 Å². The number of nitrogens with zero attached hydrogens (tertiary/aromatic N) is 4. The van der Waals surface area contributed by atoms with E-state index in [0.717, 1.165) is 22.4 Å². The molecule has 0 saturated heterocycles. The number of carbonyl (C=O) groups is 1. The summed E-state index contributed by atoms with van der Waals surface area (Å²) >= 11 is 0. The van der Waals surface area contributed by atoms with Crippen molar-refractivity contribution in [1.29, 1.82) is 0 Å². The Kier molecular flexibility index (Phi) is 3.45. The van der Waals surface area contributed by atoms with Crippen LogP contribution in [0, 0.1) is 0 Å². The molecule has 0 spiro atoms. The molecule has 0 radical (unpaired) electrons. The molecule has 3 aromatic rings. The van der Waals surface area contributed by atoms with Crippen molar-refractivity contribution in [2.75, 3.05) is 5.32 Å². The molecular weight excluding hydrogens is 304 g/mol. The normalized spacial score (nSPS) is 16.5. The molecule has 4 heterocycles.